The first kappa shape index (κ1) is 9.40. The molecule has 0 saturated carbocycles. The highest BCUT2D eigenvalue weighted by Gasteiger charge is 2.08. The number of benzene rings is 1. The summed E-state index contributed by atoms with van der Waals surface area (Å²) >= 11 is 0. The van der Waals surface area contributed by atoms with Crippen LogP contribution in [0, 0.1) is 29.9 Å². The van der Waals surface area contributed by atoms with E-state index in [9.17, 15) is 8.78 Å². The first-order valence-electron chi connectivity index (χ1n) is 3.61. The molecule has 0 radical (unpaired) electrons. The van der Waals surface area contributed by atoms with Crippen LogP contribution in [0.2, 0.25) is 0 Å². The minimum atomic E-state index is -0.961. The third-order valence-electron chi connectivity index (χ3n) is 1.73. The number of hydrogen-bond acceptors (Lipinski definition) is 1. The Morgan fingerprint density at radius 1 is 1.38 bits per heavy atom. The van der Waals surface area contributed by atoms with E-state index in [2.05, 4.69) is 6.58 Å². The highest BCUT2D eigenvalue weighted by Crippen LogP contribution is 2.19. The second kappa shape index (κ2) is 3.36. The van der Waals surface area contributed by atoms with Gasteiger partial charge in [-0.25, -0.2) is 8.78 Å². The van der Waals surface area contributed by atoms with E-state index >= 15 is 0 Å². The lowest BCUT2D eigenvalue weighted by Crippen LogP contribution is -1.92. The van der Waals surface area contributed by atoms with E-state index in [0.717, 1.165) is 12.1 Å². The van der Waals surface area contributed by atoms with Crippen LogP contribution in [0.25, 0.3) is 5.57 Å². The first-order chi connectivity index (χ1) is 6.06. The molecule has 0 bridgehead atoms. The van der Waals surface area contributed by atoms with Crippen molar-refractivity contribution >= 4 is 5.57 Å². The van der Waals surface area contributed by atoms with Gasteiger partial charge in [0.25, 0.3) is 0 Å². The van der Waals surface area contributed by atoms with Gasteiger partial charge in [0.05, 0.1) is 11.6 Å². The van der Waals surface area contributed by atoms with Crippen LogP contribution in [0.15, 0.2) is 18.7 Å². The van der Waals surface area contributed by atoms with E-state index < -0.39 is 11.6 Å². The van der Waals surface area contributed by atoms with E-state index in [-0.39, 0.29) is 5.57 Å². The quantitative estimate of drug-likeness (QED) is 0.608. The normalized spacial score (nSPS) is 9.38. The Balaban J connectivity index is 3.33. The molecule has 0 heterocycles. The number of halogens is 2. The van der Waals surface area contributed by atoms with Crippen LogP contribution in [0.5, 0.6) is 0 Å². The Bertz CT molecular complexity index is 402. The van der Waals surface area contributed by atoms with Gasteiger partial charge in [0.2, 0.25) is 0 Å². The maximum atomic E-state index is 12.7. The molecule has 0 unspecified atom stereocenters. The fourth-order valence-corrected chi connectivity index (χ4v) is 1.03. The molecule has 1 rings (SSSR count). The van der Waals surface area contributed by atoms with Gasteiger partial charge >= 0.3 is 0 Å². The summed E-state index contributed by atoms with van der Waals surface area (Å²) in [5, 5.41) is 8.51. The molecule has 0 atom stereocenters. The Morgan fingerprint density at radius 2 is 1.92 bits per heavy atom. The monoisotopic (exact) mass is 179 g/mol. The lowest BCUT2D eigenvalue weighted by molar-refractivity contribution is 0.507. The SMILES string of the molecule is C=C(C#N)c1cc(F)c(F)cc1C. The summed E-state index contributed by atoms with van der Waals surface area (Å²) in [6.07, 6.45) is 0. The predicted octanol–water partition coefficient (Wildman–Crippen LogP) is 2.81. The van der Waals surface area contributed by atoms with Crippen LogP contribution in [-0.4, -0.2) is 0 Å². The highest BCUT2D eigenvalue weighted by molar-refractivity contribution is 5.76. The molecule has 0 fully saturated rings. The van der Waals surface area contributed by atoms with Crippen molar-refractivity contribution < 1.29 is 8.78 Å². The van der Waals surface area contributed by atoms with Gasteiger partial charge in [0.1, 0.15) is 0 Å². The van der Waals surface area contributed by atoms with Crippen LogP contribution in [0.1, 0.15) is 11.1 Å². The van der Waals surface area contributed by atoms with E-state index in [0.29, 0.717) is 11.1 Å². The van der Waals surface area contributed by atoms with Gasteiger partial charge < -0.3 is 0 Å². The third-order valence-corrected chi connectivity index (χ3v) is 1.73. The molecule has 0 saturated heterocycles. The van der Waals surface area contributed by atoms with E-state index in [1.807, 2.05) is 0 Å². The Hall–Kier alpha value is -1.69. The average Bonchev–Trinajstić information content (AvgIpc) is 2.10. The molecule has 0 aliphatic carbocycles. The standard InChI is InChI=1S/C10H7F2N/c1-6-3-9(11)10(12)4-8(6)7(2)5-13/h3-4H,2H2,1H3. The first-order valence-corrected chi connectivity index (χ1v) is 3.61. The summed E-state index contributed by atoms with van der Waals surface area (Å²) in [5.41, 5.74) is 0.989. The van der Waals surface area contributed by atoms with Crippen LogP contribution >= 0.6 is 0 Å². The number of aryl methyl sites for hydroxylation is 1. The molecular weight excluding hydrogens is 172 g/mol. The van der Waals surface area contributed by atoms with E-state index in [4.69, 9.17) is 5.26 Å². The van der Waals surface area contributed by atoms with E-state index in [1.165, 1.54) is 0 Å². The van der Waals surface area contributed by atoms with Crippen LogP contribution < -0.4 is 0 Å². The molecule has 0 N–H and O–H groups in total. The Morgan fingerprint density at radius 3 is 2.46 bits per heavy atom. The summed E-state index contributed by atoms with van der Waals surface area (Å²) in [6.45, 7) is 5.02. The van der Waals surface area contributed by atoms with Gasteiger partial charge in [-0.15, -0.1) is 0 Å². The number of allylic oxidation sites excluding steroid dienone is 1. The second-order valence-corrected chi connectivity index (χ2v) is 2.67. The Kier molecular flexibility index (Phi) is 2.43. The molecule has 1 nitrogen and oxygen atoms in total. The smallest absolute Gasteiger partial charge is 0.159 e. The summed E-state index contributed by atoms with van der Waals surface area (Å²) in [5.74, 6) is -1.87. The zero-order valence-electron chi connectivity index (χ0n) is 7.06. The largest absolute Gasteiger partial charge is 0.204 e. The molecule has 66 valence electrons. The maximum Gasteiger partial charge on any atom is 0.159 e. The second-order valence-electron chi connectivity index (χ2n) is 2.67. The van der Waals surface area contributed by atoms with Crippen molar-refractivity contribution in [2.75, 3.05) is 0 Å². The van der Waals surface area contributed by atoms with Gasteiger partial charge in [0.15, 0.2) is 11.6 Å². The lowest BCUT2D eigenvalue weighted by atomic mass is 10.0. The summed E-state index contributed by atoms with van der Waals surface area (Å²) in [4.78, 5) is 0. The molecular formula is C10H7F2N. The fraction of sp³-hybridized carbons (Fsp3) is 0.100. The molecule has 0 aliphatic heterocycles. The number of hydrogen-bond donors (Lipinski definition) is 0. The van der Waals surface area contributed by atoms with Gasteiger partial charge in [-0.3, -0.25) is 0 Å². The molecule has 13 heavy (non-hydrogen) atoms. The van der Waals surface area contributed by atoms with Crippen molar-refractivity contribution in [2.45, 2.75) is 6.92 Å². The van der Waals surface area contributed by atoms with Crippen molar-refractivity contribution in [3.05, 3.63) is 41.5 Å². The molecule has 0 aromatic heterocycles. The minimum absolute atomic E-state index is 0.136. The van der Waals surface area contributed by atoms with Crippen molar-refractivity contribution in [3.63, 3.8) is 0 Å². The van der Waals surface area contributed by atoms with Gasteiger partial charge in [-0.1, -0.05) is 6.58 Å². The average molecular weight is 179 g/mol. The van der Waals surface area contributed by atoms with Crippen molar-refractivity contribution in [2.24, 2.45) is 0 Å². The predicted molar refractivity (Wildman–Crippen MR) is 45.7 cm³/mol. The number of rotatable bonds is 1. The topological polar surface area (TPSA) is 23.8 Å². The molecule has 1 aromatic carbocycles. The van der Waals surface area contributed by atoms with Crippen molar-refractivity contribution in [1.82, 2.24) is 0 Å². The van der Waals surface area contributed by atoms with Crippen LogP contribution in [0.4, 0.5) is 8.78 Å². The van der Waals surface area contributed by atoms with Gasteiger partial charge in [0, 0.05) is 0 Å². The summed E-state index contributed by atoms with van der Waals surface area (Å²) < 4.78 is 25.4. The maximum absolute atomic E-state index is 12.7. The van der Waals surface area contributed by atoms with Gasteiger partial charge in [-0.2, -0.15) is 5.26 Å². The summed E-state index contributed by atoms with van der Waals surface area (Å²) in [7, 11) is 0. The lowest BCUT2D eigenvalue weighted by Gasteiger charge is -2.03. The number of nitrogens with zero attached hydrogens (tertiary/aromatic N) is 1. The molecule has 0 spiro atoms. The Labute approximate surface area is 74.9 Å². The van der Waals surface area contributed by atoms with Crippen molar-refractivity contribution in [3.8, 4) is 6.07 Å². The highest BCUT2D eigenvalue weighted by atomic mass is 19.2. The molecule has 0 amide bonds. The minimum Gasteiger partial charge on any atom is -0.204 e. The third kappa shape index (κ3) is 1.73. The fourth-order valence-electron chi connectivity index (χ4n) is 1.03. The van der Waals surface area contributed by atoms with Gasteiger partial charge in [-0.05, 0) is 30.2 Å². The van der Waals surface area contributed by atoms with Crippen molar-refractivity contribution in [1.29, 1.82) is 5.26 Å². The zero-order chi connectivity index (χ0) is 10.0. The molecule has 0 aliphatic rings. The van der Waals surface area contributed by atoms with Crippen LogP contribution in [0.3, 0.4) is 0 Å². The van der Waals surface area contributed by atoms with E-state index in [1.54, 1.807) is 13.0 Å². The molecule has 1 aromatic rings. The zero-order valence-corrected chi connectivity index (χ0v) is 7.06. The molecule has 3 heteroatoms. The number of nitriles is 1. The summed E-state index contributed by atoms with van der Waals surface area (Å²) in [6, 6.07) is 3.82. The van der Waals surface area contributed by atoms with Crippen LogP contribution in [-0.2, 0) is 0 Å².